The Labute approximate surface area is 71.7 Å². The van der Waals surface area contributed by atoms with E-state index in [0.29, 0.717) is 4.47 Å². The third kappa shape index (κ3) is 1.45. The molecular weight excluding hydrogens is 215 g/mol. The zero-order valence-electron chi connectivity index (χ0n) is 5.77. The number of benzene rings is 1. The van der Waals surface area contributed by atoms with Crippen LogP contribution in [-0.4, -0.2) is 12.2 Å². The Balaban J connectivity index is 3.29. The predicted molar refractivity (Wildman–Crippen MR) is 42.3 cm³/mol. The molecule has 0 bridgehead atoms. The van der Waals surface area contributed by atoms with Crippen molar-refractivity contribution in [2.45, 2.75) is 0 Å². The minimum Gasteiger partial charge on any atom is -0.505 e. The van der Waals surface area contributed by atoms with Gasteiger partial charge in [-0.1, -0.05) is 0 Å². The molecule has 0 amide bonds. The van der Waals surface area contributed by atoms with Crippen molar-refractivity contribution in [2.24, 2.45) is 0 Å². The second-order valence-corrected chi connectivity index (χ2v) is 2.77. The van der Waals surface area contributed by atoms with Gasteiger partial charge in [0.2, 0.25) is 5.82 Å². The van der Waals surface area contributed by atoms with Crippen LogP contribution in [0.5, 0.6) is 11.5 Å². The third-order valence-electron chi connectivity index (χ3n) is 1.23. The fraction of sp³-hybridized carbons (Fsp3) is 0.143. The molecule has 0 fully saturated rings. The van der Waals surface area contributed by atoms with Crippen molar-refractivity contribution in [3.63, 3.8) is 0 Å². The quantitative estimate of drug-likeness (QED) is 0.788. The zero-order chi connectivity index (χ0) is 8.43. The summed E-state index contributed by atoms with van der Waals surface area (Å²) in [7, 11) is 1.34. The summed E-state index contributed by atoms with van der Waals surface area (Å²) in [6, 6.07) is 2.76. The number of ether oxygens (including phenoxy) is 1. The third-order valence-corrected chi connectivity index (χ3v) is 1.86. The van der Waals surface area contributed by atoms with E-state index in [0.717, 1.165) is 0 Å². The normalized spacial score (nSPS) is 9.73. The van der Waals surface area contributed by atoms with Crippen LogP contribution in [0.1, 0.15) is 0 Å². The van der Waals surface area contributed by atoms with Gasteiger partial charge in [-0.25, -0.2) is 0 Å². The van der Waals surface area contributed by atoms with Crippen LogP contribution in [0.4, 0.5) is 4.39 Å². The SMILES string of the molecule is COc1c(Br)ccc(O)c1F. The van der Waals surface area contributed by atoms with Crippen LogP contribution in [0.2, 0.25) is 0 Å². The molecular formula is C7H6BrFO2. The largest absolute Gasteiger partial charge is 0.505 e. The van der Waals surface area contributed by atoms with E-state index in [2.05, 4.69) is 20.7 Å². The van der Waals surface area contributed by atoms with Gasteiger partial charge < -0.3 is 9.84 Å². The zero-order valence-corrected chi connectivity index (χ0v) is 7.35. The molecule has 0 atom stereocenters. The average Bonchev–Trinajstić information content (AvgIpc) is 1.99. The lowest BCUT2D eigenvalue weighted by Crippen LogP contribution is -1.89. The summed E-state index contributed by atoms with van der Waals surface area (Å²) in [4.78, 5) is 0. The van der Waals surface area contributed by atoms with Gasteiger partial charge >= 0.3 is 0 Å². The highest BCUT2D eigenvalue weighted by molar-refractivity contribution is 9.10. The van der Waals surface area contributed by atoms with E-state index in [-0.39, 0.29) is 5.75 Å². The lowest BCUT2D eigenvalue weighted by atomic mass is 10.3. The van der Waals surface area contributed by atoms with E-state index < -0.39 is 11.6 Å². The van der Waals surface area contributed by atoms with Gasteiger partial charge in [0.1, 0.15) is 0 Å². The molecule has 0 saturated carbocycles. The maximum absolute atomic E-state index is 12.9. The topological polar surface area (TPSA) is 29.5 Å². The monoisotopic (exact) mass is 220 g/mol. The molecule has 0 aliphatic heterocycles. The second kappa shape index (κ2) is 3.09. The van der Waals surface area contributed by atoms with Gasteiger partial charge in [0.05, 0.1) is 11.6 Å². The van der Waals surface area contributed by atoms with Gasteiger partial charge in [-0.2, -0.15) is 4.39 Å². The molecule has 4 heteroatoms. The highest BCUT2D eigenvalue weighted by atomic mass is 79.9. The van der Waals surface area contributed by atoms with Gasteiger partial charge in [0, 0.05) is 0 Å². The number of phenols is 1. The number of phenolic OH excluding ortho intramolecular Hbond substituents is 1. The van der Waals surface area contributed by atoms with Crippen LogP contribution in [0, 0.1) is 5.82 Å². The van der Waals surface area contributed by atoms with Crippen molar-refractivity contribution in [1.29, 1.82) is 0 Å². The number of halogens is 2. The Hall–Kier alpha value is -0.770. The van der Waals surface area contributed by atoms with Crippen molar-refractivity contribution >= 4 is 15.9 Å². The summed E-state index contributed by atoms with van der Waals surface area (Å²) in [6.45, 7) is 0. The first-order valence-electron chi connectivity index (χ1n) is 2.87. The predicted octanol–water partition coefficient (Wildman–Crippen LogP) is 2.30. The van der Waals surface area contributed by atoms with E-state index in [4.69, 9.17) is 5.11 Å². The van der Waals surface area contributed by atoms with Crippen LogP contribution in [0.25, 0.3) is 0 Å². The molecule has 60 valence electrons. The molecule has 0 unspecified atom stereocenters. The first-order valence-corrected chi connectivity index (χ1v) is 3.67. The van der Waals surface area contributed by atoms with Gasteiger partial charge in [-0.3, -0.25) is 0 Å². The molecule has 0 heterocycles. The van der Waals surface area contributed by atoms with E-state index >= 15 is 0 Å². The molecule has 0 saturated heterocycles. The van der Waals surface area contributed by atoms with Crippen LogP contribution in [0.15, 0.2) is 16.6 Å². The molecule has 1 rings (SSSR count). The summed E-state index contributed by atoms with van der Waals surface area (Å²) in [5, 5.41) is 8.88. The van der Waals surface area contributed by atoms with Crippen molar-refractivity contribution in [3.8, 4) is 11.5 Å². The summed E-state index contributed by atoms with van der Waals surface area (Å²) in [6.07, 6.45) is 0. The fourth-order valence-electron chi connectivity index (χ4n) is 0.709. The lowest BCUT2D eigenvalue weighted by molar-refractivity contribution is 0.362. The van der Waals surface area contributed by atoms with Crippen LogP contribution >= 0.6 is 15.9 Å². The Kier molecular flexibility index (Phi) is 2.34. The van der Waals surface area contributed by atoms with Crippen LogP contribution in [0.3, 0.4) is 0 Å². The van der Waals surface area contributed by atoms with E-state index in [1.807, 2.05) is 0 Å². The fourth-order valence-corrected chi connectivity index (χ4v) is 1.18. The number of hydrogen-bond donors (Lipinski definition) is 1. The van der Waals surface area contributed by atoms with Gasteiger partial charge in [0.25, 0.3) is 0 Å². The van der Waals surface area contributed by atoms with Crippen LogP contribution < -0.4 is 4.74 Å². The first-order chi connectivity index (χ1) is 5.16. The Morgan fingerprint density at radius 3 is 2.64 bits per heavy atom. The van der Waals surface area contributed by atoms with E-state index in [9.17, 15) is 4.39 Å². The molecule has 0 aliphatic carbocycles. The number of aromatic hydroxyl groups is 1. The minimum atomic E-state index is -0.748. The maximum Gasteiger partial charge on any atom is 0.207 e. The molecule has 0 spiro atoms. The van der Waals surface area contributed by atoms with Gasteiger partial charge in [0.15, 0.2) is 11.5 Å². The summed E-state index contributed by atoms with van der Waals surface area (Å²) >= 11 is 3.07. The van der Waals surface area contributed by atoms with E-state index in [1.54, 1.807) is 0 Å². The average molecular weight is 221 g/mol. The van der Waals surface area contributed by atoms with Gasteiger partial charge in [-0.05, 0) is 28.1 Å². The second-order valence-electron chi connectivity index (χ2n) is 1.91. The van der Waals surface area contributed by atoms with Gasteiger partial charge in [-0.15, -0.1) is 0 Å². The van der Waals surface area contributed by atoms with Crippen LogP contribution in [-0.2, 0) is 0 Å². The molecule has 0 radical (unpaired) electrons. The lowest BCUT2D eigenvalue weighted by Gasteiger charge is -2.04. The van der Waals surface area contributed by atoms with Crippen molar-refractivity contribution < 1.29 is 14.2 Å². The van der Waals surface area contributed by atoms with Crippen molar-refractivity contribution in [2.75, 3.05) is 7.11 Å². The summed E-state index contributed by atoms with van der Waals surface area (Å²) in [5.41, 5.74) is 0. The molecule has 1 aromatic rings. The Bertz CT molecular complexity index is 275. The number of methoxy groups -OCH3 is 1. The maximum atomic E-state index is 12.9. The number of hydrogen-bond acceptors (Lipinski definition) is 2. The molecule has 1 aromatic carbocycles. The Morgan fingerprint density at radius 1 is 1.55 bits per heavy atom. The molecule has 0 aliphatic rings. The summed E-state index contributed by atoms with van der Waals surface area (Å²) < 4.78 is 18.0. The van der Waals surface area contributed by atoms with Crippen molar-refractivity contribution in [3.05, 3.63) is 22.4 Å². The Morgan fingerprint density at radius 2 is 2.18 bits per heavy atom. The highest BCUT2D eigenvalue weighted by Gasteiger charge is 2.10. The molecule has 1 N–H and O–H groups in total. The van der Waals surface area contributed by atoms with Crippen molar-refractivity contribution in [1.82, 2.24) is 0 Å². The standard InChI is InChI=1S/C7H6BrFO2/c1-11-7-4(8)2-3-5(10)6(7)9/h2-3,10H,1H3. The van der Waals surface area contributed by atoms with E-state index in [1.165, 1.54) is 19.2 Å². The first kappa shape index (κ1) is 8.33. The summed E-state index contributed by atoms with van der Waals surface area (Å²) in [5.74, 6) is -1.14. The molecule has 0 aromatic heterocycles. The minimum absolute atomic E-state index is 0.0185. The highest BCUT2D eigenvalue weighted by Crippen LogP contribution is 2.32. The number of rotatable bonds is 1. The smallest absolute Gasteiger partial charge is 0.207 e. The molecule has 2 nitrogen and oxygen atoms in total. The molecule has 11 heavy (non-hydrogen) atoms.